The number of amides is 3. The molecule has 4 bridgehead atoms. The van der Waals surface area contributed by atoms with Gasteiger partial charge in [0.1, 0.15) is 23.6 Å². The number of carbonyl (C=O) groups is 3. The Bertz CT molecular complexity index is 1190. The van der Waals surface area contributed by atoms with Crippen molar-refractivity contribution in [2.24, 2.45) is 17.2 Å². The lowest BCUT2D eigenvalue weighted by atomic mass is 9.95. The van der Waals surface area contributed by atoms with E-state index in [4.69, 9.17) is 17.2 Å². The summed E-state index contributed by atoms with van der Waals surface area (Å²) in [4.78, 5) is 39.4. The molecule has 198 valence electrons. The molecule has 0 radical (unpaired) electrons. The monoisotopic (exact) mass is 510 g/mol. The number of hydrogen-bond donors (Lipinski definition) is 8. The third kappa shape index (κ3) is 6.37. The van der Waals surface area contributed by atoms with Gasteiger partial charge >= 0.3 is 0 Å². The summed E-state index contributed by atoms with van der Waals surface area (Å²) in [6.45, 7) is 0.302. The van der Waals surface area contributed by atoms with Crippen LogP contribution >= 0.6 is 0 Å². The van der Waals surface area contributed by atoms with Crippen LogP contribution in [0.3, 0.4) is 0 Å². The maximum Gasteiger partial charge on any atom is 0.243 e. The Morgan fingerprint density at radius 2 is 1.54 bits per heavy atom. The normalized spacial score (nSPS) is 25.8. The molecule has 0 aromatic heterocycles. The first kappa shape index (κ1) is 26.4. The first-order valence-corrected chi connectivity index (χ1v) is 12.4. The number of phenolic OH excluding ortho intramolecular Hbond substituents is 2. The van der Waals surface area contributed by atoms with Crippen molar-refractivity contribution in [3.8, 4) is 22.6 Å². The zero-order valence-electron chi connectivity index (χ0n) is 20.4. The Balaban J connectivity index is 1.74. The van der Waals surface area contributed by atoms with Gasteiger partial charge in [-0.2, -0.15) is 0 Å². The molecule has 2 aromatic rings. The molecule has 11 N–H and O–H groups in total. The predicted molar refractivity (Wildman–Crippen MR) is 137 cm³/mol. The van der Waals surface area contributed by atoms with Crippen LogP contribution in [0.15, 0.2) is 36.4 Å². The molecule has 0 saturated heterocycles. The molecule has 1 heterocycles. The molecule has 4 rings (SSSR count). The topological polar surface area (TPSA) is 206 Å². The van der Waals surface area contributed by atoms with Gasteiger partial charge in [0.05, 0.1) is 6.04 Å². The number of phenols is 2. The van der Waals surface area contributed by atoms with Crippen LogP contribution in [0.2, 0.25) is 0 Å². The average Bonchev–Trinajstić information content (AvgIpc) is 3.56. The van der Waals surface area contributed by atoms with Gasteiger partial charge in [-0.1, -0.05) is 12.1 Å². The van der Waals surface area contributed by atoms with E-state index in [1.165, 1.54) is 12.1 Å². The first-order chi connectivity index (χ1) is 17.7. The number of fused-ring (bicyclic) bond motifs is 5. The highest BCUT2D eigenvalue weighted by atomic mass is 16.3. The number of aromatic hydroxyl groups is 2. The van der Waals surface area contributed by atoms with E-state index in [-0.39, 0.29) is 42.8 Å². The number of nitrogens with two attached hydrogens (primary N) is 3. The van der Waals surface area contributed by atoms with E-state index in [0.29, 0.717) is 30.5 Å². The van der Waals surface area contributed by atoms with E-state index in [2.05, 4.69) is 16.0 Å². The zero-order chi connectivity index (χ0) is 26.7. The van der Waals surface area contributed by atoms with Crippen molar-refractivity contribution in [1.29, 1.82) is 0 Å². The van der Waals surface area contributed by atoms with E-state index >= 15 is 0 Å². The molecule has 11 nitrogen and oxygen atoms in total. The van der Waals surface area contributed by atoms with Crippen LogP contribution in [0.25, 0.3) is 11.1 Å². The number of benzene rings is 2. The van der Waals surface area contributed by atoms with E-state index in [0.717, 1.165) is 11.1 Å². The summed E-state index contributed by atoms with van der Waals surface area (Å²) < 4.78 is 0. The van der Waals surface area contributed by atoms with Gasteiger partial charge in [-0.3, -0.25) is 14.4 Å². The molecule has 1 fully saturated rings. The molecule has 1 aliphatic carbocycles. The van der Waals surface area contributed by atoms with Gasteiger partial charge in [0.25, 0.3) is 0 Å². The second-order valence-corrected chi connectivity index (χ2v) is 9.77. The number of rotatable bonds is 5. The summed E-state index contributed by atoms with van der Waals surface area (Å²) >= 11 is 0. The number of hydrogen-bond acceptors (Lipinski definition) is 8. The van der Waals surface area contributed by atoms with Crippen LogP contribution < -0.4 is 33.2 Å². The molecule has 0 spiro atoms. The molecule has 3 amide bonds. The lowest BCUT2D eigenvalue weighted by Crippen LogP contribution is -2.56. The van der Waals surface area contributed by atoms with Crippen LogP contribution in [-0.4, -0.2) is 64.7 Å². The highest BCUT2D eigenvalue weighted by Crippen LogP contribution is 2.31. The van der Waals surface area contributed by atoms with Gasteiger partial charge in [-0.15, -0.1) is 0 Å². The van der Waals surface area contributed by atoms with Crippen molar-refractivity contribution in [2.75, 3.05) is 6.54 Å². The Kier molecular flexibility index (Phi) is 7.96. The van der Waals surface area contributed by atoms with Crippen LogP contribution in [0.5, 0.6) is 11.5 Å². The second-order valence-electron chi connectivity index (χ2n) is 9.77. The minimum atomic E-state index is -1.04. The Morgan fingerprint density at radius 1 is 0.946 bits per heavy atom. The van der Waals surface area contributed by atoms with Gasteiger partial charge < -0.3 is 43.4 Å². The summed E-state index contributed by atoms with van der Waals surface area (Å²) in [6, 6.07) is 6.54. The summed E-state index contributed by atoms with van der Waals surface area (Å²) in [5, 5.41) is 29.2. The minimum absolute atomic E-state index is 0.00121. The lowest BCUT2D eigenvalue weighted by Gasteiger charge is -2.24. The fourth-order valence-electron chi connectivity index (χ4n) is 4.42. The quantitative estimate of drug-likeness (QED) is 0.253. The van der Waals surface area contributed by atoms with Crippen LogP contribution in [0, 0.1) is 0 Å². The maximum absolute atomic E-state index is 13.3. The van der Waals surface area contributed by atoms with Crippen LogP contribution in [0.1, 0.15) is 30.4 Å². The number of nitrogens with one attached hydrogen (secondary N) is 3. The summed E-state index contributed by atoms with van der Waals surface area (Å²) in [5.74, 6) is -1.61. The van der Waals surface area contributed by atoms with Gasteiger partial charge in [-0.05, 0) is 72.3 Å². The van der Waals surface area contributed by atoms with Crippen molar-refractivity contribution in [2.45, 2.75) is 62.3 Å². The minimum Gasteiger partial charge on any atom is -0.508 e. The van der Waals surface area contributed by atoms with Crippen molar-refractivity contribution >= 4 is 17.7 Å². The van der Waals surface area contributed by atoms with E-state index < -0.39 is 35.8 Å². The van der Waals surface area contributed by atoms with Crippen molar-refractivity contribution in [1.82, 2.24) is 16.0 Å². The predicted octanol–water partition coefficient (Wildman–Crippen LogP) is -0.885. The largest absolute Gasteiger partial charge is 0.508 e. The molecular weight excluding hydrogens is 476 g/mol. The molecule has 37 heavy (non-hydrogen) atoms. The first-order valence-electron chi connectivity index (χ1n) is 12.4. The summed E-state index contributed by atoms with van der Waals surface area (Å²) in [7, 11) is 0. The third-order valence-electron chi connectivity index (χ3n) is 6.82. The molecule has 2 aliphatic rings. The highest BCUT2D eigenvalue weighted by molar-refractivity contribution is 5.93. The van der Waals surface area contributed by atoms with Gasteiger partial charge in [0, 0.05) is 24.9 Å². The van der Waals surface area contributed by atoms with Crippen LogP contribution in [0.4, 0.5) is 0 Å². The van der Waals surface area contributed by atoms with Gasteiger partial charge in [-0.25, -0.2) is 0 Å². The Hall–Kier alpha value is -3.67. The molecule has 11 heteroatoms. The maximum atomic E-state index is 13.3. The van der Waals surface area contributed by atoms with Crippen LogP contribution in [-0.2, 0) is 27.2 Å². The van der Waals surface area contributed by atoms with E-state index in [9.17, 15) is 24.6 Å². The van der Waals surface area contributed by atoms with Crippen molar-refractivity contribution in [3.05, 3.63) is 47.5 Å². The van der Waals surface area contributed by atoms with E-state index in [1.807, 2.05) is 0 Å². The number of carbonyl (C=O) groups excluding carboxylic acids is 3. The lowest BCUT2D eigenvalue weighted by molar-refractivity contribution is -0.132. The molecule has 2 aromatic carbocycles. The fourth-order valence-corrected chi connectivity index (χ4v) is 4.42. The van der Waals surface area contributed by atoms with E-state index in [1.54, 1.807) is 24.3 Å². The molecule has 5 atom stereocenters. The second kappa shape index (κ2) is 11.2. The van der Waals surface area contributed by atoms with Gasteiger partial charge in [0.15, 0.2) is 0 Å². The molecular formula is C26H34N6O5. The molecule has 2 unspecified atom stereocenters. The molecule has 1 saturated carbocycles. The standard InChI is InChI=1S/C26H34N6O5/c27-7-1-2-19-25(36)32-21(26(37)31-20-12-17(20)28)11-16-9-14(4-6-23(16)34)13-3-5-22(33)15(8-13)10-18(29)24(35)30-19/h3-6,8-9,17-21,33-34H,1-2,7,10-12,27-29H2,(H,30,35)(H,31,37)(H,32,36)/t17?,18-,19-,20?,21-/m0/s1. The van der Waals surface area contributed by atoms with Crippen molar-refractivity contribution < 1.29 is 24.6 Å². The fraction of sp³-hybridized carbons (Fsp3) is 0.423. The van der Waals surface area contributed by atoms with Gasteiger partial charge in [0.2, 0.25) is 17.7 Å². The average molecular weight is 511 g/mol. The highest BCUT2D eigenvalue weighted by Gasteiger charge is 2.37. The third-order valence-corrected chi connectivity index (χ3v) is 6.82. The Labute approximate surface area is 214 Å². The Morgan fingerprint density at radius 3 is 2.11 bits per heavy atom. The molecule has 1 aliphatic heterocycles. The SMILES string of the molecule is NCCC[C@@H]1NC(=O)[C@@H](N)Cc2cc(ccc2O)-c2ccc(O)c(c2)C[C@@H](C(=O)NC2CC2N)NC1=O. The zero-order valence-corrected chi connectivity index (χ0v) is 20.4. The summed E-state index contributed by atoms with van der Waals surface area (Å²) in [6.07, 6.45) is 1.37. The smallest absolute Gasteiger partial charge is 0.243 e. The summed E-state index contributed by atoms with van der Waals surface area (Å²) in [5.41, 5.74) is 20.0. The van der Waals surface area contributed by atoms with Crippen molar-refractivity contribution in [3.63, 3.8) is 0 Å².